The third kappa shape index (κ3) is 5.35. The van der Waals surface area contributed by atoms with E-state index in [-0.39, 0.29) is 5.91 Å². The molecule has 0 N–H and O–H groups in total. The minimum Gasteiger partial charge on any atom is -0.345 e. The van der Waals surface area contributed by atoms with E-state index in [0.29, 0.717) is 19.5 Å². The van der Waals surface area contributed by atoms with E-state index >= 15 is 0 Å². The van der Waals surface area contributed by atoms with Crippen LogP contribution in [-0.2, 0) is 24.4 Å². The maximum absolute atomic E-state index is 12.9. The summed E-state index contributed by atoms with van der Waals surface area (Å²) >= 11 is 0. The van der Waals surface area contributed by atoms with Crippen LogP contribution >= 0.6 is 0 Å². The highest BCUT2D eigenvalue weighted by Crippen LogP contribution is 2.16. The van der Waals surface area contributed by atoms with Gasteiger partial charge in [-0.1, -0.05) is 67.9 Å². The summed E-state index contributed by atoms with van der Waals surface area (Å²) in [6, 6.07) is 22.9. The zero-order valence-corrected chi connectivity index (χ0v) is 17.0. The van der Waals surface area contributed by atoms with Gasteiger partial charge in [0.15, 0.2) is 0 Å². The molecule has 1 heterocycles. The summed E-state index contributed by atoms with van der Waals surface area (Å²) in [6.07, 6.45) is 4.70. The van der Waals surface area contributed by atoms with Crippen LogP contribution < -0.4 is 0 Å². The van der Waals surface area contributed by atoms with Gasteiger partial charge in [-0.25, -0.2) is 0 Å². The molecule has 146 valence electrons. The molecule has 0 aliphatic heterocycles. The number of benzene rings is 2. The van der Waals surface area contributed by atoms with Crippen LogP contribution in [0.2, 0.25) is 0 Å². The van der Waals surface area contributed by atoms with Gasteiger partial charge in [0.25, 0.3) is 0 Å². The molecule has 0 radical (unpaired) electrons. The summed E-state index contributed by atoms with van der Waals surface area (Å²) in [7, 11) is 0. The largest absolute Gasteiger partial charge is 0.345 e. The second-order valence-electron chi connectivity index (χ2n) is 7.39. The lowest BCUT2D eigenvalue weighted by Gasteiger charge is -2.24. The Labute approximate surface area is 168 Å². The smallest absolute Gasteiger partial charge is 0.223 e. The summed E-state index contributed by atoms with van der Waals surface area (Å²) in [5.74, 6) is 0.231. The molecule has 28 heavy (non-hydrogen) atoms. The molecule has 0 spiro atoms. The van der Waals surface area contributed by atoms with Crippen LogP contribution in [0.1, 0.15) is 48.6 Å². The molecule has 3 nitrogen and oxygen atoms in total. The molecular weight excluding hydrogens is 344 g/mol. The van der Waals surface area contributed by atoms with Gasteiger partial charge in [-0.3, -0.25) is 4.79 Å². The predicted molar refractivity (Wildman–Crippen MR) is 115 cm³/mol. The fourth-order valence-electron chi connectivity index (χ4n) is 3.44. The Balaban J connectivity index is 1.78. The Hall–Kier alpha value is -2.81. The van der Waals surface area contributed by atoms with Crippen molar-refractivity contribution in [3.8, 4) is 0 Å². The van der Waals surface area contributed by atoms with Crippen molar-refractivity contribution in [3.63, 3.8) is 0 Å². The molecule has 1 aromatic heterocycles. The first kappa shape index (κ1) is 19.9. The third-order valence-electron chi connectivity index (χ3n) is 5.19. The van der Waals surface area contributed by atoms with E-state index in [1.54, 1.807) is 0 Å². The first-order valence-electron chi connectivity index (χ1n) is 10.2. The van der Waals surface area contributed by atoms with Crippen molar-refractivity contribution in [2.75, 3.05) is 0 Å². The normalized spacial score (nSPS) is 10.8. The number of hydrogen-bond donors (Lipinski definition) is 0. The zero-order valence-electron chi connectivity index (χ0n) is 17.0. The average molecular weight is 375 g/mol. The molecule has 2 aromatic carbocycles. The van der Waals surface area contributed by atoms with Crippen LogP contribution in [0.25, 0.3) is 0 Å². The van der Waals surface area contributed by atoms with Crippen LogP contribution in [0.5, 0.6) is 0 Å². The Morgan fingerprint density at radius 3 is 2.43 bits per heavy atom. The van der Waals surface area contributed by atoms with Crippen molar-refractivity contribution < 1.29 is 4.79 Å². The standard InChI is InChI=1S/C25H30N2O/c1-3-4-16-25(28)27(18-22-12-6-5-7-13-22)20-24-15-10-17-26(24)19-23-14-9-8-11-21(23)2/h5-15,17H,3-4,16,18-20H2,1-2H3. The Morgan fingerprint density at radius 2 is 1.68 bits per heavy atom. The minimum absolute atomic E-state index is 0.231. The van der Waals surface area contributed by atoms with Crippen molar-refractivity contribution in [1.82, 2.24) is 9.47 Å². The van der Waals surface area contributed by atoms with Crippen LogP contribution in [0.3, 0.4) is 0 Å². The fourth-order valence-corrected chi connectivity index (χ4v) is 3.44. The first-order chi connectivity index (χ1) is 13.7. The molecule has 3 aromatic rings. The van der Waals surface area contributed by atoms with Gasteiger partial charge in [0, 0.05) is 31.4 Å². The maximum Gasteiger partial charge on any atom is 0.223 e. The number of amides is 1. The fraction of sp³-hybridized carbons (Fsp3) is 0.320. The number of aryl methyl sites for hydroxylation is 1. The first-order valence-corrected chi connectivity index (χ1v) is 10.2. The third-order valence-corrected chi connectivity index (χ3v) is 5.19. The summed E-state index contributed by atoms with van der Waals surface area (Å²) in [5.41, 5.74) is 4.95. The van der Waals surface area contributed by atoms with E-state index < -0.39 is 0 Å². The number of hydrogen-bond acceptors (Lipinski definition) is 1. The number of nitrogens with zero attached hydrogens (tertiary/aromatic N) is 2. The molecule has 0 aliphatic rings. The van der Waals surface area contributed by atoms with Gasteiger partial charge < -0.3 is 9.47 Å². The average Bonchev–Trinajstić information content (AvgIpc) is 3.15. The molecule has 0 bridgehead atoms. The lowest BCUT2D eigenvalue weighted by atomic mass is 10.1. The van der Waals surface area contributed by atoms with Crippen LogP contribution in [0.4, 0.5) is 0 Å². The molecule has 1 amide bonds. The minimum atomic E-state index is 0.231. The second kappa shape index (κ2) is 9.93. The van der Waals surface area contributed by atoms with Gasteiger partial charge >= 0.3 is 0 Å². The van der Waals surface area contributed by atoms with E-state index in [9.17, 15) is 4.79 Å². The Morgan fingerprint density at radius 1 is 0.929 bits per heavy atom. The van der Waals surface area contributed by atoms with Gasteiger partial charge in [-0.2, -0.15) is 0 Å². The van der Waals surface area contributed by atoms with Gasteiger partial charge in [0.1, 0.15) is 0 Å². The van der Waals surface area contributed by atoms with E-state index in [0.717, 1.165) is 19.4 Å². The van der Waals surface area contributed by atoms with Gasteiger partial charge in [0.2, 0.25) is 5.91 Å². The Bertz CT molecular complexity index is 882. The summed E-state index contributed by atoms with van der Waals surface area (Å²) < 4.78 is 2.26. The number of rotatable bonds is 9. The van der Waals surface area contributed by atoms with Crippen molar-refractivity contribution in [1.29, 1.82) is 0 Å². The molecule has 0 aliphatic carbocycles. The van der Waals surface area contributed by atoms with Crippen molar-refractivity contribution in [3.05, 3.63) is 95.3 Å². The summed E-state index contributed by atoms with van der Waals surface area (Å²) in [6.45, 7) is 6.39. The van der Waals surface area contributed by atoms with Gasteiger partial charge in [0.05, 0.1) is 6.54 Å². The molecule has 3 heteroatoms. The van der Waals surface area contributed by atoms with Crippen molar-refractivity contribution in [2.24, 2.45) is 0 Å². The second-order valence-corrected chi connectivity index (χ2v) is 7.39. The lowest BCUT2D eigenvalue weighted by Crippen LogP contribution is -2.30. The number of carbonyl (C=O) groups is 1. The van der Waals surface area contributed by atoms with E-state index in [1.165, 1.54) is 22.4 Å². The molecule has 0 saturated heterocycles. The van der Waals surface area contributed by atoms with E-state index in [1.807, 2.05) is 23.1 Å². The number of aromatic nitrogens is 1. The monoisotopic (exact) mass is 374 g/mol. The van der Waals surface area contributed by atoms with E-state index in [4.69, 9.17) is 0 Å². The molecular formula is C25H30N2O. The molecule has 0 unspecified atom stereocenters. The van der Waals surface area contributed by atoms with Crippen LogP contribution in [-0.4, -0.2) is 15.4 Å². The highest BCUT2D eigenvalue weighted by atomic mass is 16.2. The number of unbranched alkanes of at least 4 members (excludes halogenated alkanes) is 1. The Kier molecular flexibility index (Phi) is 7.07. The van der Waals surface area contributed by atoms with Crippen LogP contribution in [0, 0.1) is 6.92 Å². The zero-order chi connectivity index (χ0) is 19.8. The molecule has 3 rings (SSSR count). The summed E-state index contributed by atoms with van der Waals surface area (Å²) in [4.78, 5) is 14.9. The highest BCUT2D eigenvalue weighted by molar-refractivity contribution is 5.76. The maximum atomic E-state index is 12.9. The van der Waals surface area contributed by atoms with Crippen molar-refractivity contribution >= 4 is 5.91 Å². The van der Waals surface area contributed by atoms with Gasteiger partial charge in [-0.05, 0) is 42.2 Å². The molecule has 0 atom stereocenters. The lowest BCUT2D eigenvalue weighted by molar-refractivity contribution is -0.132. The summed E-state index contributed by atoms with van der Waals surface area (Å²) in [5, 5.41) is 0. The topological polar surface area (TPSA) is 25.2 Å². The quantitative estimate of drug-likeness (QED) is 0.481. The number of carbonyl (C=O) groups excluding carboxylic acids is 1. The SMILES string of the molecule is CCCCC(=O)N(Cc1ccccc1)Cc1cccn1Cc1ccccc1C. The van der Waals surface area contributed by atoms with Crippen LogP contribution in [0.15, 0.2) is 72.9 Å². The molecule has 0 saturated carbocycles. The van der Waals surface area contributed by atoms with Gasteiger partial charge in [-0.15, -0.1) is 0 Å². The van der Waals surface area contributed by atoms with E-state index in [2.05, 4.69) is 73.1 Å². The van der Waals surface area contributed by atoms with Crippen molar-refractivity contribution in [2.45, 2.75) is 52.7 Å². The molecule has 0 fully saturated rings. The predicted octanol–water partition coefficient (Wildman–Crippen LogP) is 5.56. The highest BCUT2D eigenvalue weighted by Gasteiger charge is 2.16.